The molecule has 0 saturated carbocycles. The van der Waals surface area contributed by atoms with Crippen LogP contribution in [0.5, 0.6) is 0 Å². The number of thioether (sulfide) groups is 1. The Balaban J connectivity index is 1.57. The van der Waals surface area contributed by atoms with Gasteiger partial charge in [-0.3, -0.25) is 0 Å². The maximum atomic E-state index is 13.3. The van der Waals surface area contributed by atoms with Crippen LogP contribution in [0.4, 0.5) is 8.78 Å². The molecular weight excluding hydrogens is 376 g/mol. The Bertz CT molecular complexity index is 667. The van der Waals surface area contributed by atoms with Crippen LogP contribution < -0.4 is 0 Å². The van der Waals surface area contributed by atoms with Gasteiger partial charge in [0.15, 0.2) is 0 Å². The summed E-state index contributed by atoms with van der Waals surface area (Å²) < 4.78 is 26.7. The van der Waals surface area contributed by atoms with Crippen molar-refractivity contribution in [2.45, 2.75) is 37.5 Å². The minimum absolute atomic E-state index is 0.0801. The van der Waals surface area contributed by atoms with Crippen molar-refractivity contribution in [3.63, 3.8) is 0 Å². The number of aliphatic hydroxyl groups excluding tert-OH is 1. The molecule has 1 aliphatic heterocycles. The van der Waals surface area contributed by atoms with Crippen molar-refractivity contribution in [3.05, 3.63) is 71.3 Å². The summed E-state index contributed by atoms with van der Waals surface area (Å²) in [6.45, 7) is 4.71. The normalized spacial score (nSPS) is 17.2. The van der Waals surface area contributed by atoms with E-state index in [9.17, 15) is 13.9 Å². The first-order valence-electron chi connectivity index (χ1n) is 10.0. The predicted octanol–water partition coefficient (Wildman–Crippen LogP) is 5.27. The van der Waals surface area contributed by atoms with Crippen molar-refractivity contribution in [2.24, 2.45) is 5.92 Å². The molecule has 0 amide bonds. The smallest absolute Gasteiger partial charge is 0.123 e. The Morgan fingerprint density at radius 1 is 0.964 bits per heavy atom. The van der Waals surface area contributed by atoms with E-state index in [1.807, 2.05) is 43.0 Å². The first-order chi connectivity index (χ1) is 13.5. The van der Waals surface area contributed by atoms with Crippen molar-refractivity contribution < 1.29 is 13.9 Å². The minimum Gasteiger partial charge on any atom is -0.392 e. The summed E-state index contributed by atoms with van der Waals surface area (Å²) in [5.74, 6) is 1.24. The highest BCUT2D eigenvalue weighted by atomic mass is 32.2. The third-order valence-electron chi connectivity index (χ3n) is 5.39. The van der Waals surface area contributed by atoms with Crippen molar-refractivity contribution in [2.75, 3.05) is 25.4 Å². The Morgan fingerprint density at radius 3 is 1.93 bits per heavy atom. The Hall–Kier alpha value is -1.43. The standard InChI is InChI=1S/C23H29F2NOS/c1-17(27)16-26-13-10-18(11-14-26)12-15-28-23(19-2-6-21(24)7-3-19)20-4-8-22(25)9-5-20/h2-9,17-18,23,27H,10-16H2,1H3/t17-/m0/s1. The number of benzene rings is 2. The third-order valence-corrected chi connectivity index (χ3v) is 6.73. The van der Waals surface area contributed by atoms with Gasteiger partial charge in [0.1, 0.15) is 11.6 Å². The summed E-state index contributed by atoms with van der Waals surface area (Å²) in [4.78, 5) is 2.34. The van der Waals surface area contributed by atoms with Crippen LogP contribution in [-0.4, -0.2) is 41.5 Å². The van der Waals surface area contributed by atoms with Crippen LogP contribution in [0.1, 0.15) is 42.6 Å². The van der Waals surface area contributed by atoms with E-state index in [1.165, 1.54) is 37.1 Å². The fourth-order valence-electron chi connectivity index (χ4n) is 3.84. The van der Waals surface area contributed by atoms with Gasteiger partial charge in [0, 0.05) is 6.54 Å². The van der Waals surface area contributed by atoms with E-state index in [4.69, 9.17) is 0 Å². The number of likely N-dealkylation sites (tertiary alicyclic amines) is 1. The Labute approximate surface area is 171 Å². The molecule has 0 aromatic heterocycles. The largest absolute Gasteiger partial charge is 0.392 e. The van der Waals surface area contributed by atoms with Crippen LogP contribution in [0.2, 0.25) is 0 Å². The first-order valence-corrected chi connectivity index (χ1v) is 11.1. The highest BCUT2D eigenvalue weighted by Crippen LogP contribution is 2.37. The number of nitrogens with zero attached hydrogens (tertiary/aromatic N) is 1. The second-order valence-electron chi connectivity index (χ2n) is 7.74. The van der Waals surface area contributed by atoms with Crippen molar-refractivity contribution in [1.29, 1.82) is 0 Å². The molecule has 1 saturated heterocycles. The average Bonchev–Trinajstić information content (AvgIpc) is 2.68. The number of halogens is 2. The molecule has 1 aliphatic rings. The van der Waals surface area contributed by atoms with Crippen molar-refractivity contribution in [3.8, 4) is 0 Å². The molecule has 0 bridgehead atoms. The Kier molecular flexibility index (Phi) is 7.89. The van der Waals surface area contributed by atoms with Crippen LogP contribution in [0.25, 0.3) is 0 Å². The van der Waals surface area contributed by atoms with Gasteiger partial charge in [-0.2, -0.15) is 0 Å². The van der Waals surface area contributed by atoms with E-state index in [0.717, 1.165) is 42.9 Å². The number of rotatable bonds is 8. The number of β-amino-alcohol motifs (C(OH)–C–C–N with tert-alkyl or cyclic N) is 1. The lowest BCUT2D eigenvalue weighted by molar-refractivity contribution is 0.0996. The molecule has 0 spiro atoms. The summed E-state index contributed by atoms with van der Waals surface area (Å²) in [5, 5.41) is 9.61. The highest BCUT2D eigenvalue weighted by Gasteiger charge is 2.21. The van der Waals surface area contributed by atoms with Crippen LogP contribution >= 0.6 is 11.8 Å². The Morgan fingerprint density at radius 2 is 1.46 bits per heavy atom. The average molecular weight is 406 g/mol. The predicted molar refractivity (Wildman–Crippen MR) is 113 cm³/mol. The first kappa shape index (κ1) is 21.3. The number of piperidine rings is 1. The molecule has 3 rings (SSSR count). The van der Waals surface area contributed by atoms with Crippen molar-refractivity contribution >= 4 is 11.8 Å². The van der Waals surface area contributed by atoms with E-state index < -0.39 is 0 Å². The highest BCUT2D eigenvalue weighted by molar-refractivity contribution is 7.99. The summed E-state index contributed by atoms with van der Waals surface area (Å²) in [6.07, 6.45) is 3.22. The fourth-order valence-corrected chi connectivity index (χ4v) is 5.25. The van der Waals surface area contributed by atoms with Gasteiger partial charge in [0.05, 0.1) is 11.4 Å². The maximum Gasteiger partial charge on any atom is 0.123 e. The minimum atomic E-state index is -0.265. The summed E-state index contributed by atoms with van der Waals surface area (Å²) in [5.41, 5.74) is 2.09. The van der Waals surface area contributed by atoms with Crippen LogP contribution in [0, 0.1) is 17.6 Å². The van der Waals surface area contributed by atoms with Gasteiger partial charge >= 0.3 is 0 Å². The maximum absolute atomic E-state index is 13.3. The number of hydrogen-bond donors (Lipinski definition) is 1. The van der Waals surface area contributed by atoms with E-state index in [-0.39, 0.29) is 23.0 Å². The quantitative estimate of drug-likeness (QED) is 0.647. The second-order valence-corrected chi connectivity index (χ2v) is 8.95. The third kappa shape index (κ3) is 6.29. The topological polar surface area (TPSA) is 23.5 Å². The van der Waals surface area contributed by atoms with Gasteiger partial charge in [-0.15, -0.1) is 11.8 Å². The van der Waals surface area contributed by atoms with Gasteiger partial charge in [0.25, 0.3) is 0 Å². The monoisotopic (exact) mass is 405 g/mol. The molecule has 0 radical (unpaired) electrons. The molecule has 1 fully saturated rings. The summed E-state index contributed by atoms with van der Waals surface area (Å²) in [7, 11) is 0. The van der Waals surface area contributed by atoms with Gasteiger partial charge in [-0.05, 0) is 86.3 Å². The molecule has 152 valence electrons. The molecule has 2 nitrogen and oxygen atoms in total. The molecule has 1 atom stereocenters. The molecular formula is C23H29F2NOS. The van der Waals surface area contributed by atoms with Crippen LogP contribution in [0.3, 0.4) is 0 Å². The molecule has 0 aliphatic carbocycles. The lowest BCUT2D eigenvalue weighted by Crippen LogP contribution is -2.38. The van der Waals surface area contributed by atoms with Gasteiger partial charge in [0.2, 0.25) is 0 Å². The zero-order chi connectivity index (χ0) is 19.9. The number of aliphatic hydroxyl groups is 1. The SMILES string of the molecule is C[C@H](O)CN1CCC(CCSC(c2ccc(F)cc2)c2ccc(F)cc2)CC1. The van der Waals surface area contributed by atoms with Crippen LogP contribution in [-0.2, 0) is 0 Å². The zero-order valence-electron chi connectivity index (χ0n) is 16.4. The van der Waals surface area contributed by atoms with Crippen molar-refractivity contribution in [1.82, 2.24) is 4.90 Å². The van der Waals surface area contributed by atoms with Gasteiger partial charge < -0.3 is 10.0 Å². The molecule has 28 heavy (non-hydrogen) atoms. The molecule has 1 heterocycles. The lowest BCUT2D eigenvalue weighted by Gasteiger charge is -2.32. The molecule has 1 N–H and O–H groups in total. The fraction of sp³-hybridized carbons (Fsp3) is 0.478. The second kappa shape index (κ2) is 10.4. The van der Waals surface area contributed by atoms with Gasteiger partial charge in [-0.25, -0.2) is 8.78 Å². The van der Waals surface area contributed by atoms with E-state index in [2.05, 4.69) is 4.90 Å². The lowest BCUT2D eigenvalue weighted by atomic mass is 9.94. The molecule has 5 heteroatoms. The van der Waals surface area contributed by atoms with E-state index in [1.54, 1.807) is 0 Å². The summed E-state index contributed by atoms with van der Waals surface area (Å²) in [6, 6.07) is 13.3. The van der Waals surface area contributed by atoms with Crippen LogP contribution in [0.15, 0.2) is 48.5 Å². The number of hydrogen-bond acceptors (Lipinski definition) is 3. The zero-order valence-corrected chi connectivity index (χ0v) is 17.2. The van der Waals surface area contributed by atoms with E-state index in [0.29, 0.717) is 5.92 Å². The van der Waals surface area contributed by atoms with Gasteiger partial charge in [-0.1, -0.05) is 24.3 Å². The summed E-state index contributed by atoms with van der Waals surface area (Å²) >= 11 is 1.85. The van der Waals surface area contributed by atoms with E-state index >= 15 is 0 Å². The molecule has 2 aromatic rings. The molecule has 2 aromatic carbocycles. The molecule has 0 unspecified atom stereocenters.